The van der Waals surface area contributed by atoms with Crippen LogP contribution in [0.2, 0.25) is 0 Å². The van der Waals surface area contributed by atoms with Crippen molar-refractivity contribution in [3.05, 3.63) is 60.7 Å². The first-order chi connectivity index (χ1) is 14.1. The van der Waals surface area contributed by atoms with Crippen molar-refractivity contribution in [2.75, 3.05) is 23.3 Å². The van der Waals surface area contributed by atoms with E-state index in [9.17, 15) is 9.59 Å². The van der Waals surface area contributed by atoms with Crippen molar-refractivity contribution in [3.63, 3.8) is 0 Å². The standard InChI is InChI=1S/C21H22N6O2/c1-15(28)16-5-7-18(8-6-16)25-21(29)17-4-2-10-26(13-17)19-12-20(23-14-22-19)27-11-3-9-24-27/h3,5-9,11-12,14,17H,2,4,10,13H2,1H3,(H,25,29). The molecule has 1 aromatic carbocycles. The van der Waals surface area contributed by atoms with Gasteiger partial charge >= 0.3 is 0 Å². The normalized spacial score (nSPS) is 16.4. The second-order valence-electron chi connectivity index (χ2n) is 7.09. The number of hydrogen-bond donors (Lipinski definition) is 1. The quantitative estimate of drug-likeness (QED) is 0.674. The van der Waals surface area contributed by atoms with Crippen molar-refractivity contribution in [3.8, 4) is 5.82 Å². The van der Waals surface area contributed by atoms with E-state index < -0.39 is 0 Å². The van der Waals surface area contributed by atoms with Crippen molar-refractivity contribution in [2.24, 2.45) is 5.92 Å². The molecule has 1 saturated heterocycles. The Bertz CT molecular complexity index is 1000. The highest BCUT2D eigenvalue weighted by molar-refractivity contribution is 5.96. The van der Waals surface area contributed by atoms with Crippen LogP contribution >= 0.6 is 0 Å². The van der Waals surface area contributed by atoms with Gasteiger partial charge in [0.05, 0.1) is 5.92 Å². The molecular weight excluding hydrogens is 368 g/mol. The van der Waals surface area contributed by atoms with E-state index in [0.717, 1.165) is 25.2 Å². The predicted molar refractivity (Wildman–Crippen MR) is 109 cm³/mol. The van der Waals surface area contributed by atoms with E-state index in [1.807, 2.05) is 18.3 Å². The van der Waals surface area contributed by atoms with Gasteiger partial charge in [0, 0.05) is 42.8 Å². The van der Waals surface area contributed by atoms with Gasteiger partial charge in [-0.25, -0.2) is 14.6 Å². The van der Waals surface area contributed by atoms with E-state index >= 15 is 0 Å². The van der Waals surface area contributed by atoms with Crippen molar-refractivity contribution in [2.45, 2.75) is 19.8 Å². The molecule has 1 atom stereocenters. The van der Waals surface area contributed by atoms with E-state index in [-0.39, 0.29) is 17.6 Å². The molecule has 1 fully saturated rings. The zero-order valence-electron chi connectivity index (χ0n) is 16.2. The fourth-order valence-corrected chi connectivity index (χ4v) is 3.47. The Morgan fingerprint density at radius 3 is 2.66 bits per heavy atom. The van der Waals surface area contributed by atoms with Gasteiger partial charge in [0.25, 0.3) is 0 Å². The average molecular weight is 390 g/mol. The topological polar surface area (TPSA) is 93.0 Å². The molecule has 1 amide bonds. The molecule has 3 aromatic rings. The van der Waals surface area contributed by atoms with Crippen molar-refractivity contribution in [1.82, 2.24) is 19.7 Å². The zero-order chi connectivity index (χ0) is 20.2. The molecule has 29 heavy (non-hydrogen) atoms. The summed E-state index contributed by atoms with van der Waals surface area (Å²) in [6, 6.07) is 10.7. The Morgan fingerprint density at radius 1 is 1.14 bits per heavy atom. The van der Waals surface area contributed by atoms with E-state index in [2.05, 4.69) is 25.3 Å². The van der Waals surface area contributed by atoms with Crippen LogP contribution in [0.3, 0.4) is 0 Å². The SMILES string of the molecule is CC(=O)c1ccc(NC(=O)C2CCCN(c3cc(-n4cccn4)ncn3)C2)cc1. The van der Waals surface area contributed by atoms with Gasteiger partial charge < -0.3 is 10.2 Å². The van der Waals surface area contributed by atoms with Crippen LogP contribution in [0.1, 0.15) is 30.1 Å². The fourth-order valence-electron chi connectivity index (χ4n) is 3.47. The molecule has 0 aliphatic carbocycles. The summed E-state index contributed by atoms with van der Waals surface area (Å²) in [7, 11) is 0. The van der Waals surface area contributed by atoms with E-state index in [1.54, 1.807) is 35.1 Å². The first-order valence-electron chi connectivity index (χ1n) is 9.59. The Labute approximate surface area is 168 Å². The van der Waals surface area contributed by atoms with Gasteiger partial charge in [0.15, 0.2) is 11.6 Å². The maximum Gasteiger partial charge on any atom is 0.229 e. The summed E-state index contributed by atoms with van der Waals surface area (Å²) in [5.74, 6) is 1.32. The summed E-state index contributed by atoms with van der Waals surface area (Å²) in [6.07, 6.45) is 6.78. The lowest BCUT2D eigenvalue weighted by molar-refractivity contribution is -0.120. The lowest BCUT2D eigenvalue weighted by Crippen LogP contribution is -2.41. The molecule has 1 aliphatic rings. The Morgan fingerprint density at radius 2 is 1.93 bits per heavy atom. The fraction of sp³-hybridized carbons (Fsp3) is 0.286. The predicted octanol–water partition coefficient (Wildman–Crippen LogP) is 2.72. The maximum atomic E-state index is 12.8. The minimum atomic E-state index is -0.139. The van der Waals surface area contributed by atoms with E-state index in [1.165, 1.54) is 13.3 Å². The number of rotatable bonds is 5. The van der Waals surface area contributed by atoms with E-state index in [0.29, 0.717) is 23.6 Å². The number of nitrogens with zero attached hydrogens (tertiary/aromatic N) is 5. The van der Waals surface area contributed by atoms with Gasteiger partial charge in [0.1, 0.15) is 12.1 Å². The molecule has 0 radical (unpaired) electrons. The third kappa shape index (κ3) is 4.31. The smallest absolute Gasteiger partial charge is 0.229 e. The number of carbonyl (C=O) groups excluding carboxylic acids is 2. The lowest BCUT2D eigenvalue weighted by Gasteiger charge is -2.32. The lowest BCUT2D eigenvalue weighted by atomic mass is 9.97. The maximum absolute atomic E-state index is 12.8. The van der Waals surface area contributed by atoms with Gasteiger partial charge in [-0.2, -0.15) is 5.10 Å². The highest BCUT2D eigenvalue weighted by Gasteiger charge is 2.27. The van der Waals surface area contributed by atoms with Crippen LogP contribution in [0.25, 0.3) is 5.82 Å². The molecular formula is C21H22N6O2. The summed E-state index contributed by atoms with van der Waals surface area (Å²) in [5.41, 5.74) is 1.32. The number of aromatic nitrogens is 4. The number of ketones is 1. The molecule has 0 bridgehead atoms. The molecule has 148 valence electrons. The van der Waals surface area contributed by atoms with Crippen molar-refractivity contribution < 1.29 is 9.59 Å². The molecule has 8 heteroatoms. The minimum Gasteiger partial charge on any atom is -0.356 e. The molecule has 1 N–H and O–H groups in total. The van der Waals surface area contributed by atoms with Crippen LogP contribution in [0.4, 0.5) is 11.5 Å². The van der Waals surface area contributed by atoms with Crippen LogP contribution in [0.15, 0.2) is 55.1 Å². The number of hydrogen-bond acceptors (Lipinski definition) is 6. The van der Waals surface area contributed by atoms with Gasteiger partial charge in [-0.3, -0.25) is 9.59 Å². The van der Waals surface area contributed by atoms with Crippen LogP contribution in [-0.4, -0.2) is 44.5 Å². The monoisotopic (exact) mass is 390 g/mol. The first kappa shape index (κ1) is 18.8. The molecule has 1 unspecified atom stereocenters. The third-order valence-electron chi connectivity index (χ3n) is 5.05. The third-order valence-corrected chi connectivity index (χ3v) is 5.05. The summed E-state index contributed by atoms with van der Waals surface area (Å²) < 4.78 is 1.68. The van der Waals surface area contributed by atoms with Gasteiger partial charge in [-0.05, 0) is 50.1 Å². The molecule has 0 saturated carbocycles. The number of carbonyl (C=O) groups is 2. The summed E-state index contributed by atoms with van der Waals surface area (Å²) >= 11 is 0. The van der Waals surface area contributed by atoms with Crippen LogP contribution in [-0.2, 0) is 4.79 Å². The van der Waals surface area contributed by atoms with Crippen LogP contribution in [0.5, 0.6) is 0 Å². The van der Waals surface area contributed by atoms with Gasteiger partial charge in [-0.15, -0.1) is 0 Å². The largest absolute Gasteiger partial charge is 0.356 e. The molecule has 4 rings (SSSR count). The molecule has 2 aromatic heterocycles. The average Bonchev–Trinajstić information content (AvgIpc) is 3.29. The van der Waals surface area contributed by atoms with Crippen LogP contribution in [0, 0.1) is 5.92 Å². The van der Waals surface area contributed by atoms with Gasteiger partial charge in [0.2, 0.25) is 5.91 Å². The Hall–Kier alpha value is -3.55. The number of amides is 1. The van der Waals surface area contributed by atoms with Gasteiger partial charge in [-0.1, -0.05) is 0 Å². The minimum absolute atomic E-state index is 0.00475. The number of piperidine rings is 1. The molecule has 1 aliphatic heterocycles. The highest BCUT2D eigenvalue weighted by Crippen LogP contribution is 2.24. The Kier molecular flexibility index (Phi) is 5.33. The number of anilines is 2. The second-order valence-corrected chi connectivity index (χ2v) is 7.09. The molecule has 8 nitrogen and oxygen atoms in total. The molecule has 0 spiro atoms. The van der Waals surface area contributed by atoms with Crippen molar-refractivity contribution >= 4 is 23.2 Å². The van der Waals surface area contributed by atoms with Crippen LogP contribution < -0.4 is 10.2 Å². The van der Waals surface area contributed by atoms with Crippen molar-refractivity contribution in [1.29, 1.82) is 0 Å². The second kappa shape index (κ2) is 8.22. The van der Waals surface area contributed by atoms with E-state index in [4.69, 9.17) is 0 Å². The highest BCUT2D eigenvalue weighted by atomic mass is 16.2. The number of Topliss-reactive ketones (excluding diaryl/α,β-unsaturated/α-hetero) is 1. The molecule has 3 heterocycles. The Balaban J connectivity index is 1.43. The summed E-state index contributed by atoms with van der Waals surface area (Å²) in [5, 5.41) is 7.16. The zero-order valence-corrected chi connectivity index (χ0v) is 16.2. The summed E-state index contributed by atoms with van der Waals surface area (Å²) in [6.45, 7) is 2.95. The summed E-state index contributed by atoms with van der Waals surface area (Å²) in [4.78, 5) is 34.9. The number of nitrogens with one attached hydrogen (secondary N) is 1. The number of benzene rings is 1. The first-order valence-corrected chi connectivity index (χ1v) is 9.59.